The summed E-state index contributed by atoms with van der Waals surface area (Å²) in [5.74, 6) is 6.04. The Balaban J connectivity index is 0.00000137. The van der Waals surface area contributed by atoms with E-state index < -0.39 is 0 Å². The van der Waals surface area contributed by atoms with Gasteiger partial charge >= 0.3 is 0 Å². The van der Waals surface area contributed by atoms with Crippen molar-refractivity contribution in [1.29, 1.82) is 0 Å². The summed E-state index contributed by atoms with van der Waals surface area (Å²) >= 11 is 0. The first-order valence-electron chi connectivity index (χ1n) is 6.58. The molecule has 18 heavy (non-hydrogen) atoms. The van der Waals surface area contributed by atoms with E-state index in [0.717, 1.165) is 24.2 Å². The molecule has 0 aliphatic carbocycles. The van der Waals surface area contributed by atoms with Gasteiger partial charge in [0.15, 0.2) is 0 Å². The number of hydrogen-bond acceptors (Lipinski definition) is 2. The average Bonchev–Trinajstić information content (AvgIpc) is 2.51. The van der Waals surface area contributed by atoms with Crippen LogP contribution in [0.25, 0.3) is 0 Å². The largest absolute Gasteiger partial charge is 0.336 e. The Kier molecular flexibility index (Phi) is 6.29. The van der Waals surface area contributed by atoms with Crippen LogP contribution in [0.3, 0.4) is 0 Å². The van der Waals surface area contributed by atoms with Crippen LogP contribution in [-0.4, -0.2) is 24.1 Å². The van der Waals surface area contributed by atoms with Gasteiger partial charge in [-0.05, 0) is 12.8 Å². The van der Waals surface area contributed by atoms with Gasteiger partial charge in [-0.2, -0.15) is 0 Å². The van der Waals surface area contributed by atoms with Gasteiger partial charge in [-0.25, -0.2) is 4.68 Å². The van der Waals surface area contributed by atoms with E-state index in [-0.39, 0.29) is 5.31 Å². The Hall–Kier alpha value is -1.13. The minimum Gasteiger partial charge on any atom is -0.336 e. The van der Waals surface area contributed by atoms with E-state index in [9.17, 15) is 0 Å². The van der Waals surface area contributed by atoms with Crippen molar-refractivity contribution in [2.24, 2.45) is 12.0 Å². The highest BCUT2D eigenvalue weighted by molar-refractivity contribution is 6.14. The summed E-state index contributed by atoms with van der Waals surface area (Å²) in [7, 11) is 9.78. The monoisotopic (exact) mass is 250 g/mol. The molecule has 0 spiro atoms. The van der Waals surface area contributed by atoms with E-state index >= 15 is 0 Å². The second-order valence-corrected chi connectivity index (χ2v) is 4.86. The first-order chi connectivity index (χ1) is 8.31. The molecule has 1 heterocycles. The minimum absolute atomic E-state index is 0.266. The molecule has 2 N–H and O–H groups in total. The molecule has 0 aliphatic rings. The predicted molar refractivity (Wildman–Crippen MR) is 79.3 cm³/mol. The standard InChI is InChI=1S/C11H21BN4.C2H6/c1-6-8-9(7-11(2,3)12)16(13)10(14-4)15(8)5;1-2/h6-7,13H2,1-5H3;1-2H3. The van der Waals surface area contributed by atoms with Gasteiger partial charge in [0.2, 0.25) is 5.62 Å². The van der Waals surface area contributed by atoms with Gasteiger partial charge in [-0.1, -0.05) is 39.9 Å². The quantitative estimate of drug-likeness (QED) is 0.642. The van der Waals surface area contributed by atoms with Gasteiger partial charge in [0.05, 0.1) is 13.5 Å². The zero-order valence-corrected chi connectivity index (χ0v) is 12.9. The van der Waals surface area contributed by atoms with Crippen molar-refractivity contribution in [2.45, 2.75) is 52.8 Å². The predicted octanol–water partition coefficient (Wildman–Crippen LogP) is 1.57. The molecule has 1 aromatic rings. The van der Waals surface area contributed by atoms with Crippen LogP contribution in [0.2, 0.25) is 5.31 Å². The SMILES string of the molecule is CC.[B]C(C)(C)Cc1c(CC)n(C)c(=NC)n1N. The first-order valence-corrected chi connectivity index (χ1v) is 6.58. The highest BCUT2D eigenvalue weighted by atomic mass is 15.4. The van der Waals surface area contributed by atoms with Gasteiger partial charge in [0, 0.05) is 19.8 Å². The molecule has 1 rings (SSSR count). The van der Waals surface area contributed by atoms with E-state index in [1.165, 1.54) is 5.69 Å². The fourth-order valence-electron chi connectivity index (χ4n) is 2.05. The lowest BCUT2D eigenvalue weighted by Gasteiger charge is -2.19. The van der Waals surface area contributed by atoms with Crippen LogP contribution in [0.1, 0.15) is 46.0 Å². The third-order valence-electron chi connectivity index (χ3n) is 2.70. The molecule has 0 aromatic carbocycles. The van der Waals surface area contributed by atoms with Crippen LogP contribution >= 0.6 is 0 Å². The summed E-state index contributed by atoms with van der Waals surface area (Å²) in [6.45, 7) is 10.1. The topological polar surface area (TPSA) is 48.2 Å². The zero-order valence-electron chi connectivity index (χ0n) is 12.9. The molecule has 0 aliphatic heterocycles. The zero-order chi connectivity index (χ0) is 14.5. The maximum atomic E-state index is 6.05. The van der Waals surface area contributed by atoms with Crippen LogP contribution in [0.4, 0.5) is 0 Å². The lowest BCUT2D eigenvalue weighted by molar-refractivity contribution is 0.638. The summed E-state index contributed by atoms with van der Waals surface area (Å²) in [5, 5.41) is -0.266. The molecule has 0 saturated heterocycles. The fourth-order valence-corrected chi connectivity index (χ4v) is 2.05. The molecule has 0 fully saturated rings. The minimum atomic E-state index is -0.266. The van der Waals surface area contributed by atoms with Crippen LogP contribution < -0.4 is 11.5 Å². The van der Waals surface area contributed by atoms with Gasteiger partial charge < -0.3 is 10.4 Å². The Bertz CT molecular complexity index is 435. The van der Waals surface area contributed by atoms with Crippen molar-refractivity contribution in [3.63, 3.8) is 0 Å². The molecule has 0 unspecified atom stereocenters. The third-order valence-corrected chi connectivity index (χ3v) is 2.70. The van der Waals surface area contributed by atoms with E-state index in [1.807, 2.05) is 39.3 Å². The highest BCUT2D eigenvalue weighted by Crippen LogP contribution is 2.25. The van der Waals surface area contributed by atoms with Gasteiger partial charge in [-0.3, -0.25) is 4.99 Å². The van der Waals surface area contributed by atoms with Crippen molar-refractivity contribution in [3.05, 3.63) is 17.0 Å². The van der Waals surface area contributed by atoms with Gasteiger partial charge in [0.25, 0.3) is 0 Å². The van der Waals surface area contributed by atoms with Crippen molar-refractivity contribution in [2.75, 3.05) is 12.9 Å². The molecule has 1 aromatic heterocycles. The highest BCUT2D eigenvalue weighted by Gasteiger charge is 2.19. The second kappa shape index (κ2) is 6.71. The van der Waals surface area contributed by atoms with Crippen LogP contribution in [0, 0.1) is 0 Å². The molecule has 102 valence electrons. The van der Waals surface area contributed by atoms with Crippen LogP contribution in [0.15, 0.2) is 4.99 Å². The van der Waals surface area contributed by atoms with E-state index in [0.29, 0.717) is 0 Å². The van der Waals surface area contributed by atoms with E-state index in [1.54, 1.807) is 11.7 Å². The number of hydrogen-bond donors (Lipinski definition) is 1. The van der Waals surface area contributed by atoms with Gasteiger partial charge in [0.1, 0.15) is 0 Å². The lowest BCUT2D eigenvalue weighted by atomic mass is 9.69. The van der Waals surface area contributed by atoms with Crippen molar-refractivity contribution in [1.82, 2.24) is 9.24 Å². The number of nitrogens with two attached hydrogens (primary N) is 1. The second-order valence-electron chi connectivity index (χ2n) is 4.86. The average molecular weight is 250 g/mol. The molecule has 4 nitrogen and oxygen atoms in total. The smallest absolute Gasteiger partial charge is 0.223 e. The fraction of sp³-hybridized carbons (Fsp3) is 0.769. The van der Waals surface area contributed by atoms with E-state index in [4.69, 9.17) is 13.7 Å². The Morgan fingerprint density at radius 1 is 1.28 bits per heavy atom. The summed E-state index contributed by atoms with van der Waals surface area (Å²) in [6.07, 6.45) is 1.67. The van der Waals surface area contributed by atoms with Crippen LogP contribution in [-0.2, 0) is 19.9 Å². The first kappa shape index (κ1) is 16.9. The number of rotatable bonds is 3. The Labute approximate surface area is 112 Å². The summed E-state index contributed by atoms with van der Waals surface area (Å²) in [4.78, 5) is 4.19. The summed E-state index contributed by atoms with van der Waals surface area (Å²) in [5.41, 5.74) is 3.04. The molecule has 0 amide bonds. The van der Waals surface area contributed by atoms with Crippen molar-refractivity contribution >= 4 is 7.85 Å². The summed E-state index contributed by atoms with van der Waals surface area (Å²) < 4.78 is 3.68. The Morgan fingerprint density at radius 2 is 1.78 bits per heavy atom. The maximum absolute atomic E-state index is 6.05. The van der Waals surface area contributed by atoms with Crippen molar-refractivity contribution in [3.8, 4) is 0 Å². The third kappa shape index (κ3) is 3.69. The molecular weight excluding hydrogens is 223 g/mol. The maximum Gasteiger partial charge on any atom is 0.223 e. The van der Waals surface area contributed by atoms with Crippen molar-refractivity contribution < 1.29 is 0 Å². The molecule has 0 saturated carbocycles. The van der Waals surface area contributed by atoms with E-state index in [2.05, 4.69) is 11.9 Å². The normalized spacial score (nSPS) is 12.3. The van der Waals surface area contributed by atoms with Gasteiger partial charge in [-0.15, -0.1) is 0 Å². The summed E-state index contributed by atoms with van der Waals surface area (Å²) in [6, 6.07) is 0. The molecule has 2 radical (unpaired) electrons. The Morgan fingerprint density at radius 3 is 2.11 bits per heavy atom. The number of imidazole rings is 1. The number of nitrogen functional groups attached to an aromatic ring is 1. The molecule has 0 atom stereocenters. The number of aromatic nitrogens is 2. The molecule has 5 heteroatoms. The molecule has 0 bridgehead atoms. The van der Waals surface area contributed by atoms with Crippen LogP contribution in [0.5, 0.6) is 0 Å². The molecular formula is C13H27BN4. The number of nitrogens with zero attached hydrogens (tertiary/aromatic N) is 3. The lowest BCUT2D eigenvalue weighted by Crippen LogP contribution is -2.31.